The first-order valence-corrected chi connectivity index (χ1v) is 12.2. The molecule has 1 N–H and O–H groups in total. The molecule has 33 heavy (non-hydrogen) atoms. The lowest BCUT2D eigenvalue weighted by atomic mass is 9.96. The molecule has 0 unspecified atom stereocenters. The highest BCUT2D eigenvalue weighted by Gasteiger charge is 2.42. The van der Waals surface area contributed by atoms with Crippen molar-refractivity contribution in [2.75, 3.05) is 4.90 Å². The molecule has 3 heterocycles. The van der Waals surface area contributed by atoms with Crippen molar-refractivity contribution in [2.24, 2.45) is 0 Å². The van der Waals surface area contributed by atoms with Crippen molar-refractivity contribution in [1.82, 2.24) is 14.9 Å². The third-order valence-corrected chi connectivity index (χ3v) is 7.09. The van der Waals surface area contributed by atoms with Gasteiger partial charge in [-0.15, -0.1) is 0 Å². The normalized spacial score (nSPS) is 17.9. The second kappa shape index (κ2) is 8.76. The van der Waals surface area contributed by atoms with Gasteiger partial charge < -0.3 is 14.8 Å². The number of nitrogens with zero attached hydrogens (tertiary/aromatic N) is 3. The van der Waals surface area contributed by atoms with Crippen molar-refractivity contribution < 1.29 is 0 Å². The molecular formula is C27H25BrN4S. The number of benzene rings is 2. The highest BCUT2D eigenvalue weighted by atomic mass is 79.9. The monoisotopic (exact) mass is 516 g/mol. The van der Waals surface area contributed by atoms with Crippen LogP contribution in [0.3, 0.4) is 0 Å². The molecule has 2 atom stereocenters. The number of hydrogen-bond acceptors (Lipinski definition) is 2. The molecular weight excluding hydrogens is 492 g/mol. The van der Waals surface area contributed by atoms with E-state index in [2.05, 4.69) is 117 Å². The first kappa shape index (κ1) is 21.9. The van der Waals surface area contributed by atoms with Crippen LogP contribution in [-0.2, 0) is 0 Å². The van der Waals surface area contributed by atoms with Gasteiger partial charge in [-0.05, 0) is 98.7 Å². The quantitative estimate of drug-likeness (QED) is 0.304. The van der Waals surface area contributed by atoms with E-state index in [4.69, 9.17) is 12.2 Å². The molecule has 1 aliphatic rings. The van der Waals surface area contributed by atoms with Crippen LogP contribution in [0.5, 0.6) is 0 Å². The van der Waals surface area contributed by atoms with Crippen LogP contribution in [0.15, 0.2) is 83.5 Å². The minimum absolute atomic E-state index is 0.0293. The third kappa shape index (κ3) is 3.98. The summed E-state index contributed by atoms with van der Waals surface area (Å²) in [7, 11) is 0. The molecule has 0 spiro atoms. The fourth-order valence-electron chi connectivity index (χ4n) is 4.80. The van der Waals surface area contributed by atoms with E-state index in [0.717, 1.165) is 15.9 Å². The number of nitrogens with one attached hydrogen (secondary N) is 1. The molecule has 4 nitrogen and oxygen atoms in total. The van der Waals surface area contributed by atoms with E-state index in [1.54, 1.807) is 0 Å². The summed E-state index contributed by atoms with van der Waals surface area (Å²) in [5, 5.41) is 4.27. The van der Waals surface area contributed by atoms with E-state index in [-0.39, 0.29) is 12.1 Å². The zero-order valence-electron chi connectivity index (χ0n) is 18.8. The van der Waals surface area contributed by atoms with Crippen molar-refractivity contribution >= 4 is 38.9 Å². The largest absolute Gasteiger partial charge is 0.351 e. The summed E-state index contributed by atoms with van der Waals surface area (Å²) in [6, 6.07) is 25.2. The zero-order valence-corrected chi connectivity index (χ0v) is 21.2. The van der Waals surface area contributed by atoms with Crippen LogP contribution < -0.4 is 10.2 Å². The average Bonchev–Trinajstić information content (AvgIpc) is 3.30. The molecule has 0 aliphatic carbocycles. The Morgan fingerprint density at radius 2 is 1.70 bits per heavy atom. The van der Waals surface area contributed by atoms with Gasteiger partial charge in [0.25, 0.3) is 0 Å². The van der Waals surface area contributed by atoms with Crippen LogP contribution in [0.25, 0.3) is 5.69 Å². The summed E-state index contributed by atoms with van der Waals surface area (Å²) in [6.07, 6.45) is 1.84. The molecule has 5 rings (SSSR count). The fourth-order valence-corrected chi connectivity index (χ4v) is 5.41. The van der Waals surface area contributed by atoms with Crippen LogP contribution in [0, 0.1) is 20.8 Å². The highest BCUT2D eigenvalue weighted by molar-refractivity contribution is 9.10. The minimum atomic E-state index is -0.0613. The molecule has 2 aromatic carbocycles. The van der Waals surface area contributed by atoms with Crippen LogP contribution in [0.1, 0.15) is 40.3 Å². The van der Waals surface area contributed by atoms with Crippen molar-refractivity contribution in [3.63, 3.8) is 0 Å². The molecule has 0 bridgehead atoms. The Bertz CT molecular complexity index is 1310. The maximum atomic E-state index is 5.87. The van der Waals surface area contributed by atoms with Crippen LogP contribution in [-0.4, -0.2) is 14.7 Å². The first-order chi connectivity index (χ1) is 15.9. The van der Waals surface area contributed by atoms with E-state index < -0.39 is 0 Å². The fraction of sp³-hybridized carbons (Fsp3) is 0.185. The topological polar surface area (TPSA) is 33.1 Å². The Balaban J connectivity index is 1.68. The molecule has 6 heteroatoms. The van der Waals surface area contributed by atoms with Crippen molar-refractivity contribution in [1.29, 1.82) is 0 Å². The Kier molecular flexibility index (Phi) is 5.81. The maximum absolute atomic E-state index is 5.87. The molecule has 4 aromatic rings. The molecule has 166 valence electrons. The van der Waals surface area contributed by atoms with E-state index in [9.17, 15) is 0 Å². The third-order valence-electron chi connectivity index (χ3n) is 6.25. The van der Waals surface area contributed by atoms with E-state index in [1.165, 1.54) is 28.2 Å². The lowest BCUT2D eigenvalue weighted by Gasteiger charge is -2.28. The van der Waals surface area contributed by atoms with Gasteiger partial charge in [0.05, 0.1) is 17.8 Å². The molecule has 0 radical (unpaired) electrons. The molecule has 1 fully saturated rings. The van der Waals surface area contributed by atoms with E-state index in [1.807, 2.05) is 18.3 Å². The SMILES string of the molecule is Cc1cccc(-n2c(C)cc([C@@H]3[C@H](c4ccccn4)NC(=S)N3c3ccc(Br)cc3)c2C)c1. The van der Waals surface area contributed by atoms with Crippen molar-refractivity contribution in [3.05, 3.63) is 112 Å². The number of thiocarbonyl (C=S) groups is 1. The Hall–Kier alpha value is -2.96. The van der Waals surface area contributed by atoms with Crippen molar-refractivity contribution in [3.8, 4) is 5.69 Å². The summed E-state index contributed by atoms with van der Waals surface area (Å²) in [5.41, 5.74) is 8.09. The van der Waals surface area contributed by atoms with Gasteiger partial charge in [-0.1, -0.05) is 34.1 Å². The number of aromatic nitrogens is 2. The molecule has 0 amide bonds. The lowest BCUT2D eigenvalue weighted by Crippen LogP contribution is -2.29. The second-order valence-corrected chi connectivity index (χ2v) is 9.78. The molecule has 2 aromatic heterocycles. The summed E-state index contributed by atoms with van der Waals surface area (Å²) < 4.78 is 3.37. The molecule has 1 aliphatic heterocycles. The maximum Gasteiger partial charge on any atom is 0.174 e. The summed E-state index contributed by atoms with van der Waals surface area (Å²) >= 11 is 9.43. The standard InChI is InChI=1S/C27H25BrN4S/c1-17-7-6-8-22(15-17)31-18(2)16-23(19(31)3)26-25(24-9-4-5-14-29-24)30-27(33)32(26)21-12-10-20(28)11-13-21/h4-16,25-26H,1-3H3,(H,30,33)/t25-,26+/m0/s1. The summed E-state index contributed by atoms with van der Waals surface area (Å²) in [4.78, 5) is 6.90. The zero-order chi connectivity index (χ0) is 23.1. The lowest BCUT2D eigenvalue weighted by molar-refractivity contribution is 0.565. The Labute approximate surface area is 208 Å². The summed E-state index contributed by atoms with van der Waals surface area (Å²) in [5.74, 6) is 0. The van der Waals surface area contributed by atoms with Crippen LogP contribution in [0.4, 0.5) is 5.69 Å². The predicted molar refractivity (Wildman–Crippen MR) is 142 cm³/mol. The smallest absolute Gasteiger partial charge is 0.174 e. The number of pyridine rings is 1. The van der Waals surface area contributed by atoms with E-state index in [0.29, 0.717) is 5.11 Å². The van der Waals surface area contributed by atoms with E-state index >= 15 is 0 Å². The number of rotatable bonds is 4. The minimum Gasteiger partial charge on any atom is -0.351 e. The van der Waals surface area contributed by atoms with Gasteiger partial charge in [0.2, 0.25) is 0 Å². The first-order valence-electron chi connectivity index (χ1n) is 11.0. The molecule has 1 saturated heterocycles. The number of halogens is 1. The number of anilines is 1. The van der Waals surface area contributed by atoms with Gasteiger partial charge in [-0.25, -0.2) is 0 Å². The van der Waals surface area contributed by atoms with Crippen molar-refractivity contribution in [2.45, 2.75) is 32.9 Å². The van der Waals surface area contributed by atoms with Gasteiger partial charge in [0.15, 0.2) is 5.11 Å². The van der Waals surface area contributed by atoms with Crippen LogP contribution in [0.2, 0.25) is 0 Å². The Morgan fingerprint density at radius 1 is 0.909 bits per heavy atom. The number of aryl methyl sites for hydroxylation is 2. The number of hydrogen-bond donors (Lipinski definition) is 1. The predicted octanol–water partition coefficient (Wildman–Crippen LogP) is 6.74. The van der Waals surface area contributed by atoms with Crippen LogP contribution >= 0.6 is 28.1 Å². The molecule has 0 saturated carbocycles. The van der Waals surface area contributed by atoms with Gasteiger partial charge in [0.1, 0.15) is 0 Å². The van der Waals surface area contributed by atoms with Gasteiger partial charge in [0, 0.05) is 33.4 Å². The van der Waals surface area contributed by atoms with Gasteiger partial charge >= 0.3 is 0 Å². The van der Waals surface area contributed by atoms with Gasteiger partial charge in [-0.2, -0.15) is 0 Å². The van der Waals surface area contributed by atoms with Gasteiger partial charge in [-0.3, -0.25) is 4.98 Å². The highest BCUT2D eigenvalue weighted by Crippen LogP contribution is 2.43. The Morgan fingerprint density at radius 3 is 2.39 bits per heavy atom. The second-order valence-electron chi connectivity index (χ2n) is 8.47. The summed E-state index contributed by atoms with van der Waals surface area (Å²) in [6.45, 7) is 6.49. The average molecular weight is 517 g/mol.